The SMILES string of the molecule is CC(C)Oc1c(Br)cc(C(C)C)cc1C(=O)O. The minimum absolute atomic E-state index is 0.0608. The number of hydrogen-bond donors (Lipinski definition) is 1. The molecular formula is C13H17BrO3. The van der Waals surface area contributed by atoms with Crippen LogP contribution in [0.3, 0.4) is 0 Å². The van der Waals surface area contributed by atoms with E-state index in [9.17, 15) is 9.90 Å². The van der Waals surface area contributed by atoms with E-state index in [4.69, 9.17) is 4.74 Å². The lowest BCUT2D eigenvalue weighted by Crippen LogP contribution is -2.11. The maximum atomic E-state index is 11.2. The molecule has 1 N–H and O–H groups in total. The van der Waals surface area contributed by atoms with E-state index in [0.29, 0.717) is 10.2 Å². The number of hydrogen-bond acceptors (Lipinski definition) is 2. The van der Waals surface area contributed by atoms with Gasteiger partial charge in [-0.25, -0.2) is 4.79 Å². The number of halogens is 1. The van der Waals surface area contributed by atoms with Gasteiger partial charge in [0.05, 0.1) is 10.6 Å². The van der Waals surface area contributed by atoms with Crippen LogP contribution in [0.15, 0.2) is 16.6 Å². The molecule has 0 radical (unpaired) electrons. The first kappa shape index (κ1) is 14.0. The molecule has 1 rings (SSSR count). The van der Waals surface area contributed by atoms with Crippen LogP contribution in [0.5, 0.6) is 5.75 Å². The number of ether oxygens (including phenoxy) is 1. The van der Waals surface area contributed by atoms with Crippen molar-refractivity contribution in [3.05, 3.63) is 27.7 Å². The van der Waals surface area contributed by atoms with Crippen LogP contribution in [0.25, 0.3) is 0 Å². The summed E-state index contributed by atoms with van der Waals surface area (Å²) in [6.45, 7) is 7.79. The molecule has 0 bridgehead atoms. The highest BCUT2D eigenvalue weighted by molar-refractivity contribution is 9.10. The van der Waals surface area contributed by atoms with Crippen LogP contribution in [0.2, 0.25) is 0 Å². The molecule has 3 nitrogen and oxygen atoms in total. The van der Waals surface area contributed by atoms with E-state index in [-0.39, 0.29) is 17.6 Å². The standard InChI is InChI=1S/C13H17BrO3/c1-7(2)9-5-10(13(15)16)12(11(14)6-9)17-8(3)4/h5-8H,1-4H3,(H,15,16). The van der Waals surface area contributed by atoms with Gasteiger partial charge in [-0.15, -0.1) is 0 Å². The summed E-state index contributed by atoms with van der Waals surface area (Å²) < 4.78 is 6.23. The van der Waals surface area contributed by atoms with Gasteiger partial charge in [0.15, 0.2) is 0 Å². The first-order chi connectivity index (χ1) is 7.82. The van der Waals surface area contributed by atoms with Gasteiger partial charge >= 0.3 is 5.97 Å². The van der Waals surface area contributed by atoms with Crippen LogP contribution >= 0.6 is 15.9 Å². The quantitative estimate of drug-likeness (QED) is 0.912. The minimum Gasteiger partial charge on any atom is -0.489 e. The highest BCUT2D eigenvalue weighted by Crippen LogP contribution is 2.34. The Morgan fingerprint density at radius 1 is 1.29 bits per heavy atom. The van der Waals surface area contributed by atoms with Gasteiger partial charge in [0, 0.05) is 0 Å². The van der Waals surface area contributed by atoms with Crippen molar-refractivity contribution in [3.8, 4) is 5.75 Å². The van der Waals surface area contributed by atoms with Crippen LogP contribution in [0.1, 0.15) is 49.5 Å². The summed E-state index contributed by atoms with van der Waals surface area (Å²) in [5.41, 5.74) is 1.18. The molecule has 0 aliphatic rings. The van der Waals surface area contributed by atoms with Gasteiger partial charge in [0.25, 0.3) is 0 Å². The van der Waals surface area contributed by atoms with Gasteiger partial charge in [0.1, 0.15) is 11.3 Å². The van der Waals surface area contributed by atoms with Gasteiger partial charge in [-0.05, 0) is 53.4 Å². The molecule has 1 aromatic rings. The van der Waals surface area contributed by atoms with E-state index in [0.717, 1.165) is 5.56 Å². The Kier molecular flexibility index (Phi) is 4.57. The molecule has 0 spiro atoms. The fourth-order valence-electron chi connectivity index (χ4n) is 1.46. The number of rotatable bonds is 4. The maximum Gasteiger partial charge on any atom is 0.339 e. The lowest BCUT2D eigenvalue weighted by atomic mass is 10.0. The molecule has 0 aliphatic heterocycles. The molecule has 0 saturated carbocycles. The zero-order valence-corrected chi connectivity index (χ0v) is 12.0. The second-order valence-corrected chi connectivity index (χ2v) is 5.36. The van der Waals surface area contributed by atoms with Gasteiger partial charge in [-0.3, -0.25) is 0 Å². The van der Waals surface area contributed by atoms with Gasteiger partial charge < -0.3 is 9.84 Å². The first-order valence-corrected chi connectivity index (χ1v) is 6.35. The molecule has 94 valence electrons. The predicted octanol–water partition coefficient (Wildman–Crippen LogP) is 4.06. The molecular weight excluding hydrogens is 284 g/mol. The Hall–Kier alpha value is -1.03. The van der Waals surface area contributed by atoms with Crippen molar-refractivity contribution in [2.75, 3.05) is 0 Å². The Morgan fingerprint density at radius 2 is 1.88 bits per heavy atom. The molecule has 1 aromatic carbocycles. The average Bonchev–Trinajstić information content (AvgIpc) is 2.19. The molecule has 0 saturated heterocycles. The lowest BCUT2D eigenvalue weighted by molar-refractivity contribution is 0.0690. The second kappa shape index (κ2) is 5.54. The number of aromatic carboxylic acids is 1. The van der Waals surface area contributed by atoms with Crippen LogP contribution in [-0.2, 0) is 0 Å². The van der Waals surface area contributed by atoms with E-state index < -0.39 is 5.97 Å². The molecule has 0 unspecified atom stereocenters. The third-order valence-corrected chi connectivity index (χ3v) is 2.91. The molecule has 4 heteroatoms. The zero-order chi connectivity index (χ0) is 13.2. The molecule has 0 atom stereocenters. The van der Waals surface area contributed by atoms with Crippen LogP contribution in [0, 0.1) is 0 Å². The van der Waals surface area contributed by atoms with Gasteiger partial charge in [-0.1, -0.05) is 13.8 Å². The number of carboxylic acid groups (broad SMARTS) is 1. The molecule has 0 amide bonds. The van der Waals surface area contributed by atoms with E-state index in [2.05, 4.69) is 15.9 Å². The van der Waals surface area contributed by atoms with Crippen LogP contribution in [0.4, 0.5) is 0 Å². The second-order valence-electron chi connectivity index (χ2n) is 4.51. The fourth-order valence-corrected chi connectivity index (χ4v) is 2.03. The summed E-state index contributed by atoms with van der Waals surface area (Å²) in [5, 5.41) is 9.21. The van der Waals surface area contributed by atoms with E-state index >= 15 is 0 Å². The van der Waals surface area contributed by atoms with E-state index in [1.165, 1.54) is 0 Å². The van der Waals surface area contributed by atoms with Crippen LogP contribution in [-0.4, -0.2) is 17.2 Å². The van der Waals surface area contributed by atoms with Gasteiger partial charge in [-0.2, -0.15) is 0 Å². The van der Waals surface area contributed by atoms with Crippen molar-refractivity contribution in [2.45, 2.75) is 39.7 Å². The third kappa shape index (κ3) is 3.46. The van der Waals surface area contributed by atoms with Crippen molar-refractivity contribution in [1.82, 2.24) is 0 Å². The molecule has 0 aromatic heterocycles. The normalized spacial score (nSPS) is 11.0. The highest BCUT2D eigenvalue weighted by Gasteiger charge is 2.18. The third-order valence-electron chi connectivity index (χ3n) is 2.32. The smallest absolute Gasteiger partial charge is 0.339 e. The van der Waals surface area contributed by atoms with Crippen LogP contribution < -0.4 is 4.74 Å². The average molecular weight is 301 g/mol. The number of carboxylic acids is 1. The molecule has 17 heavy (non-hydrogen) atoms. The largest absolute Gasteiger partial charge is 0.489 e. The van der Waals surface area contributed by atoms with Crippen molar-refractivity contribution in [3.63, 3.8) is 0 Å². The highest BCUT2D eigenvalue weighted by atomic mass is 79.9. The maximum absolute atomic E-state index is 11.2. The lowest BCUT2D eigenvalue weighted by Gasteiger charge is -2.16. The summed E-state index contributed by atoms with van der Waals surface area (Å²) in [7, 11) is 0. The van der Waals surface area contributed by atoms with Crippen molar-refractivity contribution in [1.29, 1.82) is 0 Å². The fraction of sp³-hybridized carbons (Fsp3) is 0.462. The van der Waals surface area contributed by atoms with Crippen molar-refractivity contribution < 1.29 is 14.6 Å². The number of benzene rings is 1. The van der Waals surface area contributed by atoms with E-state index in [1.807, 2.05) is 33.8 Å². The molecule has 0 fully saturated rings. The Balaban J connectivity index is 3.33. The van der Waals surface area contributed by atoms with Gasteiger partial charge in [0.2, 0.25) is 0 Å². The molecule has 0 aliphatic carbocycles. The summed E-state index contributed by atoms with van der Waals surface area (Å²) >= 11 is 3.37. The van der Waals surface area contributed by atoms with Crippen molar-refractivity contribution >= 4 is 21.9 Å². The monoisotopic (exact) mass is 300 g/mol. The molecule has 0 heterocycles. The summed E-state index contributed by atoms with van der Waals surface area (Å²) in [4.78, 5) is 11.2. The first-order valence-electron chi connectivity index (χ1n) is 5.56. The summed E-state index contributed by atoms with van der Waals surface area (Å²) in [6.07, 6.45) is -0.0608. The predicted molar refractivity (Wildman–Crippen MR) is 71.0 cm³/mol. The Labute approximate surface area is 110 Å². The topological polar surface area (TPSA) is 46.5 Å². The summed E-state index contributed by atoms with van der Waals surface area (Å²) in [5.74, 6) is -0.293. The van der Waals surface area contributed by atoms with E-state index in [1.54, 1.807) is 6.07 Å². The Morgan fingerprint density at radius 3 is 2.29 bits per heavy atom. The minimum atomic E-state index is -0.969. The van der Waals surface area contributed by atoms with Crippen molar-refractivity contribution in [2.24, 2.45) is 0 Å². The zero-order valence-electron chi connectivity index (χ0n) is 10.5. The number of carbonyl (C=O) groups is 1. The Bertz CT molecular complexity index is 425. The summed E-state index contributed by atoms with van der Waals surface area (Å²) in [6, 6.07) is 3.59.